The molecule has 2 N–H and O–H groups in total. The number of halogens is 1. The minimum absolute atomic E-state index is 0.0779. The molecule has 0 spiro atoms. The molecule has 0 radical (unpaired) electrons. The summed E-state index contributed by atoms with van der Waals surface area (Å²) >= 11 is 7.52. The van der Waals surface area contributed by atoms with Gasteiger partial charge in [-0.05, 0) is 49.6 Å². The van der Waals surface area contributed by atoms with E-state index in [4.69, 9.17) is 11.6 Å². The van der Waals surface area contributed by atoms with Gasteiger partial charge in [0, 0.05) is 34.4 Å². The second-order valence-corrected chi connectivity index (χ2v) is 9.80. The molecule has 0 bridgehead atoms. The van der Waals surface area contributed by atoms with Crippen LogP contribution in [0.4, 0.5) is 0 Å². The second-order valence-electron chi connectivity index (χ2n) is 6.56. The number of carbonyl (C=O) groups is 1. The van der Waals surface area contributed by atoms with Gasteiger partial charge in [0.25, 0.3) is 5.91 Å². The fraction of sp³-hybridized carbons (Fsp3) is 0.250. The van der Waals surface area contributed by atoms with Gasteiger partial charge in [0.15, 0.2) is 0 Å². The highest BCUT2D eigenvalue weighted by molar-refractivity contribution is 7.89. The Kier molecular flexibility index (Phi) is 6.79. The third kappa shape index (κ3) is 5.27. The Labute approximate surface area is 179 Å². The second kappa shape index (κ2) is 9.13. The highest BCUT2D eigenvalue weighted by Gasteiger charge is 2.17. The lowest BCUT2D eigenvalue weighted by atomic mass is 10.2. The molecule has 6 nitrogen and oxygen atoms in total. The number of nitrogens with one attached hydrogen (secondary N) is 2. The van der Waals surface area contributed by atoms with E-state index in [-0.39, 0.29) is 23.9 Å². The van der Waals surface area contributed by atoms with Gasteiger partial charge in [-0.25, -0.2) is 13.1 Å². The van der Waals surface area contributed by atoms with E-state index < -0.39 is 10.0 Å². The first-order valence-electron chi connectivity index (χ1n) is 9.00. The summed E-state index contributed by atoms with van der Waals surface area (Å²) < 4.78 is 29.1. The maximum absolute atomic E-state index is 12.6. The Hall–Kier alpha value is -2.13. The van der Waals surface area contributed by atoms with Crippen LogP contribution in [-0.2, 0) is 16.6 Å². The van der Waals surface area contributed by atoms with Gasteiger partial charge in [0.1, 0.15) is 0 Å². The van der Waals surface area contributed by atoms with Crippen LogP contribution < -0.4 is 10.0 Å². The normalized spacial score (nSPS) is 11.6. The van der Waals surface area contributed by atoms with E-state index in [1.54, 1.807) is 23.5 Å². The fourth-order valence-corrected chi connectivity index (χ4v) is 5.03. The van der Waals surface area contributed by atoms with Gasteiger partial charge in [-0.2, -0.15) is 0 Å². The quantitative estimate of drug-likeness (QED) is 0.514. The lowest BCUT2D eigenvalue weighted by Crippen LogP contribution is -2.34. The Morgan fingerprint density at radius 3 is 2.62 bits per heavy atom. The SMILES string of the molecule is Cc1cc(C(=O)NCCNS(=O)(=O)c2cccc(Cl)c2)c(C)n1Cc1cccs1. The average Bonchev–Trinajstić information content (AvgIpc) is 3.29. The number of hydrogen-bond donors (Lipinski definition) is 2. The smallest absolute Gasteiger partial charge is 0.253 e. The molecule has 3 rings (SSSR count). The number of carbonyl (C=O) groups excluding carboxylic acids is 1. The molecule has 0 saturated heterocycles. The van der Waals surface area contributed by atoms with Gasteiger partial charge in [-0.3, -0.25) is 4.79 Å². The van der Waals surface area contributed by atoms with E-state index in [2.05, 4.69) is 20.7 Å². The molecule has 154 valence electrons. The Balaban J connectivity index is 1.57. The van der Waals surface area contributed by atoms with Crippen LogP contribution in [0, 0.1) is 13.8 Å². The maximum Gasteiger partial charge on any atom is 0.253 e. The van der Waals surface area contributed by atoms with Crippen molar-refractivity contribution in [2.75, 3.05) is 13.1 Å². The van der Waals surface area contributed by atoms with Crippen molar-refractivity contribution in [2.45, 2.75) is 25.3 Å². The molecule has 0 aliphatic carbocycles. The third-order valence-corrected chi connectivity index (χ3v) is 7.08. The van der Waals surface area contributed by atoms with Gasteiger partial charge >= 0.3 is 0 Å². The average molecular weight is 452 g/mol. The summed E-state index contributed by atoms with van der Waals surface area (Å²) in [5.41, 5.74) is 2.48. The number of aryl methyl sites for hydroxylation is 1. The van der Waals surface area contributed by atoms with E-state index in [1.807, 2.05) is 31.4 Å². The number of nitrogens with zero attached hydrogens (tertiary/aromatic N) is 1. The number of aromatic nitrogens is 1. The molecule has 1 amide bonds. The van der Waals surface area contributed by atoms with Crippen molar-refractivity contribution in [3.05, 3.63) is 74.7 Å². The molecule has 0 fully saturated rings. The van der Waals surface area contributed by atoms with Crippen LogP contribution in [0.2, 0.25) is 5.02 Å². The zero-order valence-electron chi connectivity index (χ0n) is 16.1. The summed E-state index contributed by atoms with van der Waals surface area (Å²) in [5.74, 6) is -0.225. The molecule has 3 aromatic rings. The van der Waals surface area contributed by atoms with Gasteiger partial charge in [-0.15, -0.1) is 11.3 Å². The summed E-state index contributed by atoms with van der Waals surface area (Å²) in [6, 6.07) is 12.0. The molecule has 2 heterocycles. The monoisotopic (exact) mass is 451 g/mol. The largest absolute Gasteiger partial charge is 0.351 e. The third-order valence-electron chi connectivity index (χ3n) is 4.52. The van der Waals surface area contributed by atoms with Crippen LogP contribution in [0.1, 0.15) is 26.6 Å². The number of rotatable bonds is 8. The minimum atomic E-state index is -3.67. The summed E-state index contributed by atoms with van der Waals surface area (Å²) in [6.45, 7) is 4.86. The molecule has 0 aliphatic rings. The molecule has 0 unspecified atom stereocenters. The van der Waals surface area contributed by atoms with Crippen molar-refractivity contribution >= 4 is 38.9 Å². The van der Waals surface area contributed by atoms with Crippen LogP contribution in [0.3, 0.4) is 0 Å². The molecule has 0 saturated carbocycles. The first-order chi connectivity index (χ1) is 13.8. The van der Waals surface area contributed by atoms with Gasteiger partial charge in [0.05, 0.1) is 17.0 Å². The van der Waals surface area contributed by atoms with Crippen LogP contribution in [0.25, 0.3) is 0 Å². The minimum Gasteiger partial charge on any atom is -0.351 e. The first kappa shape index (κ1) is 21.6. The highest BCUT2D eigenvalue weighted by Crippen LogP contribution is 2.19. The first-order valence-corrected chi connectivity index (χ1v) is 11.7. The molecule has 0 aliphatic heterocycles. The predicted octanol–water partition coefficient (Wildman–Crippen LogP) is 3.58. The van der Waals surface area contributed by atoms with Gasteiger partial charge < -0.3 is 9.88 Å². The standard InChI is InChI=1S/C20H22ClN3O3S2/c1-14-11-19(15(2)24(14)13-17-6-4-10-28-17)20(25)22-8-9-23-29(26,27)18-7-3-5-16(21)12-18/h3-7,10-12,23H,8-9,13H2,1-2H3,(H,22,25). The van der Waals surface area contributed by atoms with E-state index in [9.17, 15) is 13.2 Å². The van der Waals surface area contributed by atoms with Crippen LogP contribution in [0.15, 0.2) is 52.7 Å². The topological polar surface area (TPSA) is 80.2 Å². The Morgan fingerprint density at radius 1 is 1.14 bits per heavy atom. The van der Waals surface area contributed by atoms with Crippen LogP contribution >= 0.6 is 22.9 Å². The van der Waals surface area contributed by atoms with E-state index in [0.717, 1.165) is 17.9 Å². The van der Waals surface area contributed by atoms with Crippen molar-refractivity contribution in [3.8, 4) is 0 Å². The van der Waals surface area contributed by atoms with Crippen molar-refractivity contribution in [3.63, 3.8) is 0 Å². The number of benzene rings is 1. The summed E-state index contributed by atoms with van der Waals surface area (Å²) in [5, 5.41) is 5.15. The molecule has 29 heavy (non-hydrogen) atoms. The highest BCUT2D eigenvalue weighted by atomic mass is 35.5. The number of thiophene rings is 1. The molecule has 9 heteroatoms. The summed E-state index contributed by atoms with van der Waals surface area (Å²) in [6.07, 6.45) is 0. The lowest BCUT2D eigenvalue weighted by Gasteiger charge is -2.10. The van der Waals surface area contributed by atoms with Gasteiger partial charge in [-0.1, -0.05) is 23.7 Å². The molecular weight excluding hydrogens is 430 g/mol. The van der Waals surface area contributed by atoms with Crippen molar-refractivity contribution in [1.29, 1.82) is 0 Å². The number of amides is 1. The van der Waals surface area contributed by atoms with Crippen molar-refractivity contribution in [1.82, 2.24) is 14.6 Å². The summed E-state index contributed by atoms with van der Waals surface area (Å²) in [4.78, 5) is 13.9. The van der Waals surface area contributed by atoms with E-state index >= 15 is 0 Å². The van der Waals surface area contributed by atoms with Crippen LogP contribution in [0.5, 0.6) is 0 Å². The predicted molar refractivity (Wildman–Crippen MR) is 116 cm³/mol. The maximum atomic E-state index is 12.6. The van der Waals surface area contributed by atoms with E-state index in [1.165, 1.54) is 17.0 Å². The number of sulfonamides is 1. The zero-order chi connectivity index (χ0) is 21.0. The zero-order valence-corrected chi connectivity index (χ0v) is 18.5. The van der Waals surface area contributed by atoms with Gasteiger partial charge in [0.2, 0.25) is 10.0 Å². The van der Waals surface area contributed by atoms with E-state index in [0.29, 0.717) is 10.6 Å². The molecule has 1 aromatic carbocycles. The van der Waals surface area contributed by atoms with Crippen molar-refractivity contribution < 1.29 is 13.2 Å². The summed E-state index contributed by atoms with van der Waals surface area (Å²) in [7, 11) is -3.67. The fourth-order valence-electron chi connectivity index (χ4n) is 3.01. The molecule has 0 atom stereocenters. The lowest BCUT2D eigenvalue weighted by molar-refractivity contribution is 0.0953. The van der Waals surface area contributed by atoms with Crippen molar-refractivity contribution in [2.24, 2.45) is 0 Å². The molecular formula is C20H22ClN3O3S2. The number of hydrogen-bond acceptors (Lipinski definition) is 4. The Bertz CT molecular complexity index is 1110. The molecule has 2 aromatic heterocycles. The van der Waals surface area contributed by atoms with Crippen LogP contribution in [-0.4, -0.2) is 32.0 Å². The Morgan fingerprint density at radius 2 is 1.93 bits per heavy atom.